The molecule has 0 aliphatic heterocycles. The average Bonchev–Trinajstić information content (AvgIpc) is 2.45. The molecule has 0 aromatic carbocycles. The molecule has 2 aliphatic carbocycles. The molecule has 0 heterocycles. The van der Waals surface area contributed by atoms with Gasteiger partial charge in [-0.05, 0) is 31.6 Å². The lowest BCUT2D eigenvalue weighted by atomic mass is 9.88. The Morgan fingerprint density at radius 3 is 2.43 bits per heavy atom. The van der Waals surface area contributed by atoms with E-state index >= 15 is 0 Å². The van der Waals surface area contributed by atoms with Crippen molar-refractivity contribution in [2.24, 2.45) is 5.92 Å². The van der Waals surface area contributed by atoms with Crippen molar-refractivity contribution < 1.29 is 13.2 Å². The van der Waals surface area contributed by atoms with Crippen LogP contribution in [0.5, 0.6) is 0 Å². The maximum atomic E-state index is 11.8. The van der Waals surface area contributed by atoms with Crippen molar-refractivity contribution in [2.75, 3.05) is 19.4 Å². The van der Waals surface area contributed by atoms with Crippen molar-refractivity contribution in [3.63, 3.8) is 0 Å². The average molecular weight is 317 g/mol. The Morgan fingerprint density at radius 1 is 1.05 bits per heavy atom. The normalized spacial score (nSPS) is 34.8. The van der Waals surface area contributed by atoms with Crippen LogP contribution < -0.4 is 5.32 Å². The Kier molecular flexibility index (Phi) is 6.51. The Hall–Kier alpha value is -0.130. The van der Waals surface area contributed by atoms with Crippen LogP contribution in [0.2, 0.25) is 0 Å². The summed E-state index contributed by atoms with van der Waals surface area (Å²) in [5.74, 6) is 0.664. The largest absolute Gasteiger partial charge is 0.377 e. The van der Waals surface area contributed by atoms with Crippen molar-refractivity contribution in [1.82, 2.24) is 5.32 Å². The number of ether oxygens (including phenoxy) is 1. The second-order valence-corrected chi connectivity index (χ2v) is 9.15. The molecule has 0 aromatic rings. The molecule has 5 heteroatoms. The molecule has 21 heavy (non-hydrogen) atoms. The summed E-state index contributed by atoms with van der Waals surface area (Å²) in [5.41, 5.74) is 0. The molecule has 0 radical (unpaired) electrons. The van der Waals surface area contributed by atoms with Crippen molar-refractivity contribution >= 4 is 9.84 Å². The zero-order valence-corrected chi connectivity index (χ0v) is 14.3. The minimum Gasteiger partial charge on any atom is -0.377 e. The van der Waals surface area contributed by atoms with Gasteiger partial charge in [0.2, 0.25) is 0 Å². The second-order valence-electron chi connectivity index (χ2n) is 6.88. The molecule has 2 rings (SSSR count). The smallest absolute Gasteiger partial charge is 0.151 e. The fourth-order valence-electron chi connectivity index (χ4n) is 3.83. The molecule has 2 aliphatic rings. The summed E-state index contributed by atoms with van der Waals surface area (Å²) in [7, 11) is -2.94. The summed E-state index contributed by atoms with van der Waals surface area (Å²) >= 11 is 0. The fraction of sp³-hybridized carbons (Fsp3) is 1.00. The van der Waals surface area contributed by atoms with Crippen molar-refractivity contribution in [1.29, 1.82) is 0 Å². The van der Waals surface area contributed by atoms with Gasteiger partial charge < -0.3 is 10.1 Å². The Labute approximate surface area is 129 Å². The van der Waals surface area contributed by atoms with E-state index < -0.39 is 9.84 Å². The van der Waals surface area contributed by atoms with Gasteiger partial charge in [0.1, 0.15) is 0 Å². The third-order valence-corrected chi connectivity index (χ3v) is 6.79. The molecule has 4 atom stereocenters. The highest BCUT2D eigenvalue weighted by atomic mass is 32.2. The molecule has 0 saturated heterocycles. The summed E-state index contributed by atoms with van der Waals surface area (Å²) in [5, 5.41) is 3.22. The topological polar surface area (TPSA) is 55.4 Å². The first kappa shape index (κ1) is 17.2. The van der Waals surface area contributed by atoms with Gasteiger partial charge in [0.15, 0.2) is 9.84 Å². The van der Waals surface area contributed by atoms with E-state index in [-0.39, 0.29) is 11.3 Å². The van der Waals surface area contributed by atoms with E-state index in [4.69, 9.17) is 4.74 Å². The van der Waals surface area contributed by atoms with Gasteiger partial charge in [0.05, 0.1) is 18.0 Å². The molecule has 4 unspecified atom stereocenters. The van der Waals surface area contributed by atoms with Crippen LogP contribution in [0.4, 0.5) is 0 Å². The SMILES string of the molecule is CC1CCCCC1OCCNC1CCCCC1S(C)(=O)=O. The van der Waals surface area contributed by atoms with Gasteiger partial charge in [-0.2, -0.15) is 0 Å². The number of nitrogens with one attached hydrogen (secondary N) is 1. The van der Waals surface area contributed by atoms with Crippen LogP contribution in [0, 0.1) is 5.92 Å². The first-order chi connectivity index (χ1) is 9.98. The maximum absolute atomic E-state index is 11.8. The zero-order valence-electron chi connectivity index (χ0n) is 13.5. The van der Waals surface area contributed by atoms with Crippen molar-refractivity contribution in [2.45, 2.75) is 75.7 Å². The maximum Gasteiger partial charge on any atom is 0.151 e. The molecular weight excluding hydrogens is 286 g/mol. The first-order valence-electron chi connectivity index (χ1n) is 8.52. The summed E-state index contributed by atoms with van der Waals surface area (Å²) < 4.78 is 29.7. The van der Waals surface area contributed by atoms with Crippen LogP contribution in [0.1, 0.15) is 58.3 Å². The van der Waals surface area contributed by atoms with Crippen LogP contribution in [-0.4, -0.2) is 45.2 Å². The number of rotatable bonds is 6. The summed E-state index contributed by atoms with van der Waals surface area (Å²) in [6, 6.07) is 0.112. The highest BCUT2D eigenvalue weighted by molar-refractivity contribution is 7.91. The Bertz CT molecular complexity index is 410. The van der Waals surface area contributed by atoms with Gasteiger partial charge in [-0.15, -0.1) is 0 Å². The Morgan fingerprint density at radius 2 is 1.71 bits per heavy atom. The monoisotopic (exact) mass is 317 g/mol. The molecule has 0 aromatic heterocycles. The predicted molar refractivity (Wildman–Crippen MR) is 86.3 cm³/mol. The lowest BCUT2D eigenvalue weighted by Crippen LogP contribution is -2.47. The summed E-state index contributed by atoms with van der Waals surface area (Å²) in [6.45, 7) is 3.74. The van der Waals surface area contributed by atoms with Gasteiger partial charge in [0, 0.05) is 18.8 Å². The van der Waals surface area contributed by atoms with Crippen molar-refractivity contribution in [3.05, 3.63) is 0 Å². The van der Waals surface area contributed by atoms with E-state index in [1.165, 1.54) is 31.9 Å². The minimum absolute atomic E-state index is 0.112. The van der Waals surface area contributed by atoms with Gasteiger partial charge >= 0.3 is 0 Å². The highest BCUT2D eigenvalue weighted by Crippen LogP contribution is 2.26. The fourth-order valence-corrected chi connectivity index (χ4v) is 5.25. The van der Waals surface area contributed by atoms with E-state index in [0.717, 1.165) is 32.2 Å². The molecule has 0 bridgehead atoms. The standard InChI is InChI=1S/C16H31NO3S/c1-13-7-3-5-9-15(13)20-12-11-17-14-8-4-6-10-16(14)21(2,18)19/h13-17H,3-12H2,1-2H3. The molecule has 4 nitrogen and oxygen atoms in total. The predicted octanol–water partition coefficient (Wildman–Crippen LogP) is 2.53. The van der Waals surface area contributed by atoms with Crippen LogP contribution >= 0.6 is 0 Å². The summed E-state index contributed by atoms with van der Waals surface area (Å²) in [4.78, 5) is 0. The zero-order chi connectivity index (χ0) is 15.3. The van der Waals surface area contributed by atoms with Crippen LogP contribution in [0.25, 0.3) is 0 Å². The third kappa shape index (κ3) is 5.22. The number of sulfone groups is 1. The molecule has 124 valence electrons. The quantitative estimate of drug-likeness (QED) is 0.765. The van der Waals surface area contributed by atoms with Gasteiger partial charge in [-0.3, -0.25) is 0 Å². The van der Waals surface area contributed by atoms with Gasteiger partial charge in [0.25, 0.3) is 0 Å². The van der Waals surface area contributed by atoms with E-state index in [1.807, 2.05) is 0 Å². The van der Waals surface area contributed by atoms with Gasteiger partial charge in [-0.1, -0.05) is 32.6 Å². The van der Waals surface area contributed by atoms with Crippen molar-refractivity contribution in [3.8, 4) is 0 Å². The van der Waals surface area contributed by atoms with Crippen LogP contribution in [-0.2, 0) is 14.6 Å². The first-order valence-corrected chi connectivity index (χ1v) is 10.5. The molecule has 0 spiro atoms. The number of hydrogen-bond donors (Lipinski definition) is 1. The van der Waals surface area contributed by atoms with E-state index in [2.05, 4.69) is 12.2 Å². The Balaban J connectivity index is 1.71. The highest BCUT2D eigenvalue weighted by Gasteiger charge is 2.32. The lowest BCUT2D eigenvalue weighted by molar-refractivity contribution is -0.00409. The lowest BCUT2D eigenvalue weighted by Gasteiger charge is -2.32. The molecular formula is C16H31NO3S. The van der Waals surface area contributed by atoms with E-state index in [0.29, 0.717) is 18.6 Å². The van der Waals surface area contributed by atoms with Gasteiger partial charge in [-0.25, -0.2) is 8.42 Å². The number of hydrogen-bond acceptors (Lipinski definition) is 4. The summed E-state index contributed by atoms with van der Waals surface area (Å²) in [6.07, 6.45) is 10.8. The molecule has 0 amide bonds. The third-order valence-electron chi connectivity index (χ3n) is 5.13. The van der Waals surface area contributed by atoms with E-state index in [9.17, 15) is 8.42 Å². The van der Waals surface area contributed by atoms with E-state index in [1.54, 1.807) is 0 Å². The molecule has 1 N–H and O–H groups in total. The van der Waals surface area contributed by atoms with Crippen LogP contribution in [0.15, 0.2) is 0 Å². The molecule has 2 saturated carbocycles. The molecule has 2 fully saturated rings. The minimum atomic E-state index is -2.94. The second kappa shape index (κ2) is 7.93. The van der Waals surface area contributed by atoms with Crippen LogP contribution in [0.3, 0.4) is 0 Å².